The van der Waals surface area contributed by atoms with Gasteiger partial charge in [0.1, 0.15) is 6.29 Å². The summed E-state index contributed by atoms with van der Waals surface area (Å²) in [6.07, 6.45) is 7.02. The summed E-state index contributed by atoms with van der Waals surface area (Å²) >= 11 is 0. The van der Waals surface area contributed by atoms with Crippen molar-refractivity contribution in [2.45, 2.75) is 65.3 Å². The van der Waals surface area contributed by atoms with E-state index in [1.165, 1.54) is 6.42 Å². The van der Waals surface area contributed by atoms with Gasteiger partial charge in [-0.1, -0.05) is 45.2 Å². The maximum absolute atomic E-state index is 13.0. The van der Waals surface area contributed by atoms with Gasteiger partial charge < -0.3 is 31.0 Å². The number of amides is 3. The fourth-order valence-electron chi connectivity index (χ4n) is 5.84. The number of aliphatic carboxylic acids is 2. The number of benzene rings is 1. The summed E-state index contributed by atoms with van der Waals surface area (Å²) in [7, 11) is 0. The molecular formula is C37H61N7O8. The standard InChI is InChI=1S/C37H61N7O8/c1-30(2)8-5-7-14-38-33(46)9-4-3-6-15-39-37(52)32-12-10-31(11-13-32)26-40-34(47)27-42-18-16-41(24-25-45)17-19-43(28-35(48)49)22-23-44(21-20-42)29-36(50)51/h10-13,25,30H,3-9,14-24,26-29H2,1-2H3,(H,38,46)(H,39,52)(H,40,47)(H,48,49)(H,50,51). The number of carbonyl (C=O) groups excluding carboxylic acids is 4. The van der Waals surface area contributed by atoms with Crippen molar-refractivity contribution in [1.82, 2.24) is 35.6 Å². The minimum atomic E-state index is -0.988. The molecule has 52 heavy (non-hydrogen) atoms. The van der Waals surface area contributed by atoms with Crippen molar-refractivity contribution in [2.75, 3.05) is 91.6 Å². The Labute approximate surface area is 308 Å². The molecule has 0 bridgehead atoms. The topological polar surface area (TPSA) is 192 Å². The van der Waals surface area contributed by atoms with Gasteiger partial charge in [-0.3, -0.25) is 43.6 Å². The summed E-state index contributed by atoms with van der Waals surface area (Å²) in [5, 5.41) is 27.5. The zero-order chi connectivity index (χ0) is 38.1. The van der Waals surface area contributed by atoms with Crippen molar-refractivity contribution in [2.24, 2.45) is 5.92 Å². The molecule has 5 N–H and O–H groups in total. The van der Waals surface area contributed by atoms with Crippen LogP contribution in [0.3, 0.4) is 0 Å². The van der Waals surface area contributed by atoms with Crippen LogP contribution >= 0.6 is 0 Å². The van der Waals surface area contributed by atoms with Crippen molar-refractivity contribution in [3.8, 4) is 0 Å². The number of hydrogen-bond donors (Lipinski definition) is 5. The average molecular weight is 732 g/mol. The van der Waals surface area contributed by atoms with Crippen LogP contribution in [-0.2, 0) is 30.5 Å². The van der Waals surface area contributed by atoms with Crippen LogP contribution in [0.15, 0.2) is 24.3 Å². The molecule has 15 nitrogen and oxygen atoms in total. The molecule has 0 spiro atoms. The number of aldehydes is 1. The second-order valence-corrected chi connectivity index (χ2v) is 13.9. The summed E-state index contributed by atoms with van der Waals surface area (Å²) in [5.74, 6) is -1.59. The van der Waals surface area contributed by atoms with Gasteiger partial charge in [0.25, 0.3) is 5.91 Å². The summed E-state index contributed by atoms with van der Waals surface area (Å²) < 4.78 is 0. The van der Waals surface area contributed by atoms with E-state index in [1.807, 2.05) is 9.80 Å². The lowest BCUT2D eigenvalue weighted by Gasteiger charge is -2.32. The number of carboxylic acid groups (broad SMARTS) is 2. The number of hydrogen-bond acceptors (Lipinski definition) is 10. The maximum atomic E-state index is 13.0. The molecule has 0 atom stereocenters. The lowest BCUT2D eigenvalue weighted by atomic mass is 10.1. The number of carbonyl (C=O) groups is 6. The van der Waals surface area contributed by atoms with Gasteiger partial charge in [0.2, 0.25) is 11.8 Å². The molecule has 0 aromatic heterocycles. The van der Waals surface area contributed by atoms with Gasteiger partial charge in [-0.25, -0.2) is 0 Å². The van der Waals surface area contributed by atoms with Crippen LogP contribution in [0.25, 0.3) is 0 Å². The van der Waals surface area contributed by atoms with E-state index in [0.29, 0.717) is 76.8 Å². The SMILES string of the molecule is CC(C)CCCCNC(=O)CCCCCNC(=O)c1ccc(CNC(=O)CN2CCN(CC=O)CCN(CC(=O)O)CCN(CC(=O)O)CC2)cc1. The van der Waals surface area contributed by atoms with E-state index in [4.69, 9.17) is 0 Å². The number of unbranched alkanes of at least 4 members (excludes halogenated alkanes) is 3. The lowest BCUT2D eigenvalue weighted by molar-refractivity contribution is -0.140. The minimum Gasteiger partial charge on any atom is -0.480 e. The van der Waals surface area contributed by atoms with Gasteiger partial charge in [0, 0.05) is 84.0 Å². The fraction of sp³-hybridized carbons (Fsp3) is 0.676. The Balaban J connectivity index is 1.77. The third-order valence-corrected chi connectivity index (χ3v) is 8.95. The highest BCUT2D eigenvalue weighted by Gasteiger charge is 2.20. The van der Waals surface area contributed by atoms with Crippen LogP contribution in [0.1, 0.15) is 74.7 Å². The molecule has 1 aliphatic heterocycles. The second-order valence-electron chi connectivity index (χ2n) is 13.9. The van der Waals surface area contributed by atoms with Crippen LogP contribution in [-0.4, -0.2) is 157 Å². The van der Waals surface area contributed by atoms with E-state index in [-0.39, 0.29) is 50.4 Å². The van der Waals surface area contributed by atoms with Crippen molar-refractivity contribution in [3.63, 3.8) is 0 Å². The zero-order valence-corrected chi connectivity index (χ0v) is 31.2. The Kier molecular flexibility index (Phi) is 22.1. The Morgan fingerprint density at radius 2 is 1.17 bits per heavy atom. The van der Waals surface area contributed by atoms with Crippen molar-refractivity contribution < 1.29 is 39.0 Å². The molecule has 2 rings (SSSR count). The Morgan fingerprint density at radius 1 is 0.654 bits per heavy atom. The van der Waals surface area contributed by atoms with Gasteiger partial charge in [-0.15, -0.1) is 0 Å². The zero-order valence-electron chi connectivity index (χ0n) is 31.2. The van der Waals surface area contributed by atoms with E-state index >= 15 is 0 Å². The predicted molar refractivity (Wildman–Crippen MR) is 198 cm³/mol. The number of nitrogens with zero attached hydrogens (tertiary/aromatic N) is 4. The molecule has 1 aromatic carbocycles. The third kappa shape index (κ3) is 20.8. The average Bonchev–Trinajstić information content (AvgIpc) is 3.09. The molecule has 0 saturated carbocycles. The van der Waals surface area contributed by atoms with Gasteiger partial charge in [0.15, 0.2) is 0 Å². The van der Waals surface area contributed by atoms with E-state index in [2.05, 4.69) is 29.8 Å². The summed E-state index contributed by atoms with van der Waals surface area (Å²) in [6, 6.07) is 7.02. The first-order valence-corrected chi connectivity index (χ1v) is 18.6. The van der Waals surface area contributed by atoms with Crippen LogP contribution in [0, 0.1) is 5.92 Å². The van der Waals surface area contributed by atoms with E-state index in [0.717, 1.165) is 50.5 Å². The molecule has 1 saturated heterocycles. The van der Waals surface area contributed by atoms with Crippen molar-refractivity contribution >= 4 is 35.9 Å². The van der Waals surface area contributed by atoms with Gasteiger partial charge in [-0.2, -0.15) is 0 Å². The normalized spacial score (nSPS) is 15.7. The van der Waals surface area contributed by atoms with Crippen LogP contribution in [0.4, 0.5) is 0 Å². The molecule has 0 radical (unpaired) electrons. The van der Waals surface area contributed by atoms with Gasteiger partial charge in [-0.05, 0) is 42.9 Å². The summed E-state index contributed by atoms with van der Waals surface area (Å²) in [6.45, 7) is 9.07. The highest BCUT2D eigenvalue weighted by molar-refractivity contribution is 5.94. The first-order chi connectivity index (χ1) is 24.9. The van der Waals surface area contributed by atoms with Crippen molar-refractivity contribution in [1.29, 1.82) is 0 Å². The molecular weight excluding hydrogens is 670 g/mol. The molecule has 1 aliphatic rings. The highest BCUT2D eigenvalue weighted by atomic mass is 16.4. The maximum Gasteiger partial charge on any atom is 0.317 e. The predicted octanol–water partition coefficient (Wildman–Crippen LogP) is 1.13. The molecule has 3 amide bonds. The Morgan fingerprint density at radius 3 is 1.71 bits per heavy atom. The van der Waals surface area contributed by atoms with Crippen molar-refractivity contribution in [3.05, 3.63) is 35.4 Å². The molecule has 292 valence electrons. The first-order valence-electron chi connectivity index (χ1n) is 18.6. The Hall–Kier alpha value is -3.92. The van der Waals surface area contributed by atoms with E-state index in [1.54, 1.807) is 34.1 Å². The number of rotatable bonds is 22. The van der Waals surface area contributed by atoms with E-state index in [9.17, 15) is 39.0 Å². The van der Waals surface area contributed by atoms with Gasteiger partial charge in [0.05, 0.1) is 26.2 Å². The Bertz CT molecular complexity index is 1250. The summed E-state index contributed by atoms with van der Waals surface area (Å²) in [5.41, 5.74) is 1.34. The van der Waals surface area contributed by atoms with Crippen LogP contribution in [0.5, 0.6) is 0 Å². The first kappa shape index (κ1) is 44.2. The smallest absolute Gasteiger partial charge is 0.317 e. The highest BCUT2D eigenvalue weighted by Crippen LogP contribution is 2.07. The fourth-order valence-corrected chi connectivity index (χ4v) is 5.84. The summed E-state index contributed by atoms with van der Waals surface area (Å²) in [4.78, 5) is 79.1. The van der Waals surface area contributed by atoms with Crippen LogP contribution in [0.2, 0.25) is 0 Å². The quantitative estimate of drug-likeness (QED) is 0.0845. The van der Waals surface area contributed by atoms with E-state index < -0.39 is 11.9 Å². The molecule has 0 aliphatic carbocycles. The number of nitrogens with one attached hydrogen (secondary N) is 3. The molecule has 1 fully saturated rings. The largest absolute Gasteiger partial charge is 0.480 e. The molecule has 15 heteroatoms. The monoisotopic (exact) mass is 731 g/mol. The third-order valence-electron chi connectivity index (χ3n) is 8.95. The van der Waals surface area contributed by atoms with Gasteiger partial charge >= 0.3 is 11.9 Å². The number of carboxylic acids is 2. The van der Waals surface area contributed by atoms with Crippen LogP contribution < -0.4 is 16.0 Å². The minimum absolute atomic E-state index is 0.0740. The lowest BCUT2D eigenvalue weighted by Crippen LogP contribution is -2.49. The molecule has 1 heterocycles. The second kappa shape index (κ2) is 25.9. The molecule has 1 aromatic rings. The molecule has 0 unspecified atom stereocenters.